The van der Waals surface area contributed by atoms with Gasteiger partial charge in [0.15, 0.2) is 12.3 Å². The number of carbonyl (C=O) groups is 3. The second kappa shape index (κ2) is 8.52. The van der Waals surface area contributed by atoms with Gasteiger partial charge in [-0.2, -0.15) is 26.3 Å². The Labute approximate surface area is 191 Å². The Morgan fingerprint density at radius 1 is 1.00 bits per heavy atom. The van der Waals surface area contributed by atoms with E-state index in [0.29, 0.717) is 12.1 Å². The first-order valence-corrected chi connectivity index (χ1v) is 9.91. The molecule has 2 amide bonds. The lowest BCUT2D eigenvalue weighted by atomic mass is 9.99. The molecule has 2 atom stereocenters. The number of esters is 1. The molecule has 1 fully saturated rings. The monoisotopic (exact) mass is 505 g/mol. The molecular weight excluding hydrogens is 491 g/mol. The van der Waals surface area contributed by atoms with Crippen molar-refractivity contribution in [1.29, 1.82) is 0 Å². The number of alkyl halides is 6. The molecule has 1 unspecified atom stereocenters. The third kappa shape index (κ3) is 4.78. The Kier molecular flexibility index (Phi) is 5.95. The van der Waals surface area contributed by atoms with Gasteiger partial charge in [-0.15, -0.1) is 0 Å². The van der Waals surface area contributed by atoms with Crippen LogP contribution in [0, 0.1) is 5.82 Å². The fraction of sp³-hybridized carbons (Fsp3) is 0.286. The fourth-order valence-corrected chi connectivity index (χ4v) is 3.83. The molecule has 1 saturated heterocycles. The van der Waals surface area contributed by atoms with Gasteiger partial charge in [0.1, 0.15) is 5.82 Å². The number of rotatable bonds is 2. The highest BCUT2D eigenvalue weighted by molar-refractivity contribution is 6.11. The van der Waals surface area contributed by atoms with E-state index in [1.165, 1.54) is 12.1 Å². The smallest absolute Gasteiger partial charge is 0.437 e. The molecule has 4 rings (SSSR count). The Bertz CT molecular complexity index is 1210. The third-order valence-electron chi connectivity index (χ3n) is 5.38. The average Bonchev–Trinajstić information content (AvgIpc) is 2.87. The molecule has 2 N–H and O–H groups in total. The standard InChI is InChI=1S/C21H14F7N3O4/c22-12-6-10(5-11(8-12)20(23,24)25)9-1-2-14-13(7-9)18(33)31-4-3-29-17(15(31)16(32)30-14)35-19(34)21(26,27)28/h1-2,5-8,15,17,29H,3-4H2,(H,30,32)/t15-,17?/m1/s1. The van der Waals surface area contributed by atoms with Crippen LogP contribution in [0.3, 0.4) is 0 Å². The van der Waals surface area contributed by atoms with Crippen molar-refractivity contribution in [2.45, 2.75) is 24.6 Å². The molecule has 35 heavy (non-hydrogen) atoms. The normalized spacial score (nSPS) is 20.5. The number of amides is 2. The van der Waals surface area contributed by atoms with Gasteiger partial charge in [0, 0.05) is 13.1 Å². The van der Waals surface area contributed by atoms with Crippen molar-refractivity contribution in [3.63, 3.8) is 0 Å². The summed E-state index contributed by atoms with van der Waals surface area (Å²) in [5.74, 6) is -5.54. The predicted octanol–water partition coefficient (Wildman–Crippen LogP) is 3.31. The van der Waals surface area contributed by atoms with E-state index >= 15 is 0 Å². The van der Waals surface area contributed by atoms with Crippen molar-refractivity contribution in [3.8, 4) is 11.1 Å². The molecule has 2 aliphatic heterocycles. The lowest BCUT2D eigenvalue weighted by Gasteiger charge is -2.38. The zero-order valence-electron chi connectivity index (χ0n) is 17.3. The summed E-state index contributed by atoms with van der Waals surface area (Å²) in [6.07, 6.45) is -12.0. The van der Waals surface area contributed by atoms with E-state index in [-0.39, 0.29) is 35.5 Å². The number of fused-ring (bicyclic) bond motifs is 2. The van der Waals surface area contributed by atoms with Crippen LogP contribution >= 0.6 is 0 Å². The minimum atomic E-state index is -5.34. The predicted molar refractivity (Wildman–Crippen MR) is 104 cm³/mol. The first-order valence-electron chi connectivity index (χ1n) is 9.91. The highest BCUT2D eigenvalue weighted by atomic mass is 19.4. The largest absolute Gasteiger partial charge is 0.490 e. The maximum absolute atomic E-state index is 13.9. The lowest BCUT2D eigenvalue weighted by Crippen LogP contribution is -2.64. The van der Waals surface area contributed by atoms with Gasteiger partial charge in [-0.1, -0.05) is 6.07 Å². The maximum Gasteiger partial charge on any atom is 0.490 e. The van der Waals surface area contributed by atoms with E-state index in [1.54, 1.807) is 0 Å². The molecule has 7 nitrogen and oxygen atoms in total. The van der Waals surface area contributed by atoms with Crippen LogP contribution in [-0.2, 0) is 20.5 Å². The van der Waals surface area contributed by atoms with Gasteiger partial charge in [0.2, 0.25) is 0 Å². The molecule has 2 aromatic carbocycles. The van der Waals surface area contributed by atoms with E-state index in [2.05, 4.69) is 15.4 Å². The first-order chi connectivity index (χ1) is 16.3. The van der Waals surface area contributed by atoms with E-state index in [0.717, 1.165) is 17.0 Å². The van der Waals surface area contributed by atoms with Crippen LogP contribution < -0.4 is 10.6 Å². The van der Waals surface area contributed by atoms with Gasteiger partial charge in [0.05, 0.1) is 16.8 Å². The Morgan fingerprint density at radius 2 is 1.71 bits per heavy atom. The molecule has 186 valence electrons. The highest BCUT2D eigenvalue weighted by Crippen LogP contribution is 2.35. The van der Waals surface area contributed by atoms with Crippen LogP contribution in [-0.4, -0.2) is 54.2 Å². The van der Waals surface area contributed by atoms with Crippen LogP contribution in [0.5, 0.6) is 0 Å². The second-order valence-corrected chi connectivity index (χ2v) is 7.70. The molecule has 0 aliphatic carbocycles. The number of carbonyl (C=O) groups excluding carboxylic acids is 3. The number of halogens is 7. The summed E-state index contributed by atoms with van der Waals surface area (Å²) in [5.41, 5.74) is -1.70. The van der Waals surface area contributed by atoms with E-state index < -0.39 is 53.8 Å². The van der Waals surface area contributed by atoms with Gasteiger partial charge in [0.25, 0.3) is 11.8 Å². The number of ether oxygens (including phenoxy) is 1. The zero-order chi connectivity index (χ0) is 25.7. The summed E-state index contributed by atoms with van der Waals surface area (Å²) < 4.78 is 95.5. The summed E-state index contributed by atoms with van der Waals surface area (Å²) in [7, 11) is 0. The lowest BCUT2D eigenvalue weighted by molar-refractivity contribution is -0.210. The van der Waals surface area contributed by atoms with Crippen molar-refractivity contribution >= 4 is 23.5 Å². The number of nitrogens with one attached hydrogen (secondary N) is 2. The van der Waals surface area contributed by atoms with E-state index in [1.807, 2.05) is 0 Å². The Hall–Kier alpha value is -3.68. The van der Waals surface area contributed by atoms with Crippen molar-refractivity contribution in [2.75, 3.05) is 18.4 Å². The minimum Gasteiger partial charge on any atom is -0.437 e. The van der Waals surface area contributed by atoms with Gasteiger partial charge in [-0.3, -0.25) is 14.9 Å². The summed E-state index contributed by atoms with van der Waals surface area (Å²) in [6.45, 7) is -0.280. The molecule has 0 aromatic heterocycles. The van der Waals surface area contributed by atoms with Crippen LogP contribution in [0.25, 0.3) is 11.1 Å². The summed E-state index contributed by atoms with van der Waals surface area (Å²) >= 11 is 0. The van der Waals surface area contributed by atoms with Crippen LogP contribution in [0.4, 0.5) is 36.4 Å². The number of hydrogen-bond donors (Lipinski definition) is 2. The topological polar surface area (TPSA) is 87.7 Å². The molecule has 0 bridgehead atoms. The number of piperazine rings is 1. The average molecular weight is 505 g/mol. The molecule has 2 aromatic rings. The Morgan fingerprint density at radius 3 is 2.37 bits per heavy atom. The van der Waals surface area contributed by atoms with Crippen LogP contribution in [0.15, 0.2) is 36.4 Å². The Balaban J connectivity index is 1.71. The van der Waals surface area contributed by atoms with Crippen LogP contribution in [0.2, 0.25) is 0 Å². The molecule has 2 aliphatic rings. The summed E-state index contributed by atoms with van der Waals surface area (Å²) in [6, 6.07) is 3.73. The van der Waals surface area contributed by atoms with Crippen molar-refractivity contribution in [1.82, 2.24) is 10.2 Å². The quantitative estimate of drug-likeness (QED) is 0.483. The number of hydrogen-bond acceptors (Lipinski definition) is 5. The zero-order valence-corrected chi connectivity index (χ0v) is 17.3. The molecular formula is C21H14F7N3O4. The van der Waals surface area contributed by atoms with Gasteiger partial charge < -0.3 is 15.0 Å². The molecule has 0 spiro atoms. The summed E-state index contributed by atoms with van der Waals surface area (Å²) in [5, 5.41) is 4.80. The maximum atomic E-state index is 13.9. The number of benzene rings is 2. The molecule has 2 heterocycles. The van der Waals surface area contributed by atoms with E-state index in [4.69, 9.17) is 0 Å². The minimum absolute atomic E-state index is 0.0185. The fourth-order valence-electron chi connectivity index (χ4n) is 3.83. The van der Waals surface area contributed by atoms with Crippen molar-refractivity contribution in [2.24, 2.45) is 0 Å². The second-order valence-electron chi connectivity index (χ2n) is 7.70. The van der Waals surface area contributed by atoms with Crippen LogP contribution in [0.1, 0.15) is 15.9 Å². The first kappa shape index (κ1) is 24.4. The summed E-state index contributed by atoms with van der Waals surface area (Å²) in [4.78, 5) is 38.2. The highest BCUT2D eigenvalue weighted by Gasteiger charge is 2.48. The van der Waals surface area contributed by atoms with Gasteiger partial charge in [-0.05, 0) is 41.5 Å². The molecule has 14 heteroatoms. The third-order valence-corrected chi connectivity index (χ3v) is 5.38. The SMILES string of the molecule is O=C1Nc2ccc(-c3cc(F)cc(C(F)(F)F)c3)cc2C(=O)N2CCNC(OC(=O)C(F)(F)F)[C@@H]12. The van der Waals surface area contributed by atoms with E-state index in [9.17, 15) is 45.1 Å². The number of anilines is 1. The molecule has 0 saturated carbocycles. The van der Waals surface area contributed by atoms with Crippen molar-refractivity contribution in [3.05, 3.63) is 53.3 Å². The molecule has 0 radical (unpaired) electrons. The number of nitrogens with zero attached hydrogens (tertiary/aromatic N) is 1. The van der Waals surface area contributed by atoms with Gasteiger partial charge >= 0.3 is 18.3 Å². The van der Waals surface area contributed by atoms with Crippen molar-refractivity contribution < 1.29 is 49.9 Å². The van der Waals surface area contributed by atoms with Gasteiger partial charge in [-0.25, -0.2) is 9.18 Å².